The first-order valence-corrected chi connectivity index (χ1v) is 9.90. The van der Waals surface area contributed by atoms with E-state index in [1.165, 1.54) is 37.1 Å². The molecule has 1 aliphatic heterocycles. The van der Waals surface area contributed by atoms with Crippen molar-refractivity contribution in [3.05, 3.63) is 65.2 Å². The highest BCUT2D eigenvalue weighted by Gasteiger charge is 2.11. The third kappa shape index (κ3) is 6.10. The molecule has 3 rings (SSSR count). The molecular formula is C23H30N2O2. The Balaban J connectivity index is 1.39. The van der Waals surface area contributed by atoms with E-state index in [4.69, 9.17) is 4.74 Å². The van der Waals surface area contributed by atoms with E-state index in [9.17, 15) is 4.79 Å². The van der Waals surface area contributed by atoms with E-state index in [2.05, 4.69) is 48.3 Å². The molecule has 1 amide bonds. The Morgan fingerprint density at radius 3 is 2.26 bits per heavy atom. The van der Waals surface area contributed by atoms with Gasteiger partial charge in [-0.05, 0) is 60.7 Å². The van der Waals surface area contributed by atoms with Gasteiger partial charge in [-0.3, -0.25) is 9.69 Å². The highest BCUT2D eigenvalue weighted by Crippen LogP contribution is 2.18. The van der Waals surface area contributed by atoms with Gasteiger partial charge in [-0.15, -0.1) is 0 Å². The Hall–Kier alpha value is -2.33. The molecule has 1 fully saturated rings. The average Bonchev–Trinajstić information content (AvgIpc) is 3.19. The summed E-state index contributed by atoms with van der Waals surface area (Å²) in [5, 5.41) is 2.92. The van der Waals surface area contributed by atoms with Crippen LogP contribution in [0.15, 0.2) is 48.5 Å². The highest BCUT2D eigenvalue weighted by molar-refractivity contribution is 5.77. The fourth-order valence-electron chi connectivity index (χ4n) is 3.31. The van der Waals surface area contributed by atoms with Crippen LogP contribution in [0.25, 0.3) is 0 Å². The van der Waals surface area contributed by atoms with Crippen LogP contribution >= 0.6 is 0 Å². The Kier molecular flexibility index (Phi) is 6.88. The van der Waals surface area contributed by atoms with Crippen molar-refractivity contribution >= 4 is 5.91 Å². The highest BCUT2D eigenvalue weighted by atomic mass is 16.5. The first kappa shape index (κ1) is 19.4. The number of hydrogen-bond acceptors (Lipinski definition) is 3. The van der Waals surface area contributed by atoms with Crippen LogP contribution in [0.4, 0.5) is 0 Å². The van der Waals surface area contributed by atoms with Gasteiger partial charge in [0.25, 0.3) is 5.91 Å². The number of likely N-dealkylation sites (tertiary alicyclic amines) is 1. The van der Waals surface area contributed by atoms with Crippen molar-refractivity contribution in [2.45, 2.75) is 45.7 Å². The Labute approximate surface area is 162 Å². The summed E-state index contributed by atoms with van der Waals surface area (Å²) in [5.41, 5.74) is 3.70. The lowest BCUT2D eigenvalue weighted by molar-refractivity contribution is -0.123. The van der Waals surface area contributed by atoms with E-state index >= 15 is 0 Å². The van der Waals surface area contributed by atoms with Crippen LogP contribution in [0.5, 0.6) is 5.75 Å². The van der Waals surface area contributed by atoms with E-state index in [-0.39, 0.29) is 12.5 Å². The molecule has 27 heavy (non-hydrogen) atoms. The average molecular weight is 367 g/mol. The Morgan fingerprint density at radius 2 is 1.63 bits per heavy atom. The molecule has 0 unspecified atom stereocenters. The molecular weight excluding hydrogens is 336 g/mol. The summed E-state index contributed by atoms with van der Waals surface area (Å²) in [5.74, 6) is 1.11. The third-order valence-corrected chi connectivity index (χ3v) is 5.03. The van der Waals surface area contributed by atoms with E-state index in [0.29, 0.717) is 12.5 Å². The van der Waals surface area contributed by atoms with Crippen molar-refractivity contribution in [3.8, 4) is 5.75 Å². The van der Waals surface area contributed by atoms with E-state index < -0.39 is 0 Å². The number of hydrogen-bond donors (Lipinski definition) is 1. The number of ether oxygens (including phenoxy) is 1. The minimum atomic E-state index is -0.107. The van der Waals surface area contributed by atoms with Crippen LogP contribution in [0, 0.1) is 0 Å². The van der Waals surface area contributed by atoms with Gasteiger partial charge in [-0.1, -0.05) is 50.2 Å². The molecule has 0 bridgehead atoms. The minimum absolute atomic E-state index is 0.0358. The molecule has 0 atom stereocenters. The van der Waals surface area contributed by atoms with Gasteiger partial charge in [0, 0.05) is 13.1 Å². The Morgan fingerprint density at radius 1 is 1.00 bits per heavy atom. The first-order chi connectivity index (χ1) is 13.1. The molecule has 0 saturated carbocycles. The number of benzene rings is 2. The number of carbonyl (C=O) groups is 1. The van der Waals surface area contributed by atoms with Crippen LogP contribution in [-0.4, -0.2) is 30.5 Å². The monoisotopic (exact) mass is 366 g/mol. The smallest absolute Gasteiger partial charge is 0.258 e. The second-order valence-corrected chi connectivity index (χ2v) is 7.59. The van der Waals surface area contributed by atoms with Gasteiger partial charge in [-0.25, -0.2) is 0 Å². The molecule has 0 spiro atoms. The molecule has 1 aliphatic rings. The van der Waals surface area contributed by atoms with Crippen LogP contribution in [0.2, 0.25) is 0 Å². The zero-order valence-electron chi connectivity index (χ0n) is 16.4. The molecule has 2 aromatic rings. The lowest BCUT2D eigenvalue weighted by Gasteiger charge is -2.14. The summed E-state index contributed by atoms with van der Waals surface area (Å²) >= 11 is 0. The SMILES string of the molecule is CC(C)c1ccc(OCC(=O)NCc2ccc(CN3CCCC3)cc2)cc1. The van der Waals surface area contributed by atoms with Gasteiger partial charge in [0.05, 0.1) is 0 Å². The molecule has 1 heterocycles. The summed E-state index contributed by atoms with van der Waals surface area (Å²) in [7, 11) is 0. The fraction of sp³-hybridized carbons (Fsp3) is 0.435. The van der Waals surface area contributed by atoms with Gasteiger partial charge in [0.15, 0.2) is 6.61 Å². The third-order valence-electron chi connectivity index (χ3n) is 5.03. The van der Waals surface area contributed by atoms with Gasteiger partial charge < -0.3 is 10.1 Å². The molecule has 1 saturated heterocycles. The topological polar surface area (TPSA) is 41.6 Å². The summed E-state index contributed by atoms with van der Waals surface area (Å²) in [6.07, 6.45) is 2.63. The summed E-state index contributed by atoms with van der Waals surface area (Å²) in [6.45, 7) is 8.31. The summed E-state index contributed by atoms with van der Waals surface area (Å²) in [4.78, 5) is 14.5. The number of rotatable bonds is 8. The molecule has 2 aromatic carbocycles. The molecule has 0 aliphatic carbocycles. The lowest BCUT2D eigenvalue weighted by atomic mass is 10.0. The van der Waals surface area contributed by atoms with E-state index in [0.717, 1.165) is 17.9 Å². The number of carbonyl (C=O) groups excluding carboxylic acids is 1. The van der Waals surface area contributed by atoms with E-state index in [1.54, 1.807) is 0 Å². The van der Waals surface area contributed by atoms with Gasteiger partial charge >= 0.3 is 0 Å². The van der Waals surface area contributed by atoms with Gasteiger partial charge in [-0.2, -0.15) is 0 Å². The van der Waals surface area contributed by atoms with Crippen LogP contribution < -0.4 is 10.1 Å². The minimum Gasteiger partial charge on any atom is -0.484 e. The van der Waals surface area contributed by atoms with Crippen molar-refractivity contribution in [3.63, 3.8) is 0 Å². The number of nitrogens with zero attached hydrogens (tertiary/aromatic N) is 1. The second-order valence-electron chi connectivity index (χ2n) is 7.59. The number of amides is 1. The molecule has 4 nitrogen and oxygen atoms in total. The van der Waals surface area contributed by atoms with Crippen molar-refractivity contribution < 1.29 is 9.53 Å². The molecule has 144 valence electrons. The van der Waals surface area contributed by atoms with Crippen molar-refractivity contribution in [1.29, 1.82) is 0 Å². The predicted octanol–water partition coefficient (Wildman–Crippen LogP) is 4.10. The largest absolute Gasteiger partial charge is 0.484 e. The van der Waals surface area contributed by atoms with Gasteiger partial charge in [0.1, 0.15) is 5.75 Å². The maximum Gasteiger partial charge on any atom is 0.258 e. The van der Waals surface area contributed by atoms with Crippen LogP contribution in [0.3, 0.4) is 0 Å². The van der Waals surface area contributed by atoms with Crippen LogP contribution in [0.1, 0.15) is 49.3 Å². The van der Waals surface area contributed by atoms with Crippen LogP contribution in [-0.2, 0) is 17.9 Å². The maximum atomic E-state index is 12.0. The normalized spacial score (nSPS) is 14.5. The molecule has 0 aromatic heterocycles. The van der Waals surface area contributed by atoms with Crippen molar-refractivity contribution in [2.75, 3.05) is 19.7 Å². The first-order valence-electron chi connectivity index (χ1n) is 9.90. The van der Waals surface area contributed by atoms with Crippen molar-refractivity contribution in [2.24, 2.45) is 0 Å². The lowest BCUT2D eigenvalue weighted by Crippen LogP contribution is -2.28. The van der Waals surface area contributed by atoms with Crippen molar-refractivity contribution in [1.82, 2.24) is 10.2 Å². The Bertz CT molecular complexity index is 717. The molecule has 1 N–H and O–H groups in total. The maximum absolute atomic E-state index is 12.0. The zero-order valence-corrected chi connectivity index (χ0v) is 16.4. The van der Waals surface area contributed by atoms with Gasteiger partial charge in [0.2, 0.25) is 0 Å². The quantitative estimate of drug-likeness (QED) is 0.765. The summed E-state index contributed by atoms with van der Waals surface area (Å²) < 4.78 is 5.57. The number of nitrogens with one attached hydrogen (secondary N) is 1. The molecule has 4 heteroatoms. The molecule has 0 radical (unpaired) electrons. The standard InChI is InChI=1S/C23H30N2O2/c1-18(2)21-9-11-22(12-10-21)27-17-23(26)24-15-19-5-7-20(8-6-19)16-25-13-3-4-14-25/h5-12,18H,3-4,13-17H2,1-2H3,(H,24,26). The second kappa shape index (κ2) is 9.56. The predicted molar refractivity (Wildman–Crippen MR) is 109 cm³/mol. The fourth-order valence-corrected chi connectivity index (χ4v) is 3.31. The van der Waals surface area contributed by atoms with E-state index in [1.807, 2.05) is 24.3 Å². The zero-order chi connectivity index (χ0) is 19.1. The summed E-state index contributed by atoms with van der Waals surface area (Å²) in [6, 6.07) is 16.4.